The molecule has 0 radical (unpaired) electrons. The van der Waals surface area contributed by atoms with Crippen LogP contribution in [0.1, 0.15) is 11.1 Å². The number of nitrogens with zero attached hydrogens (tertiary/aromatic N) is 2. The molecular formula is C23H19FN2O2S. The second kappa shape index (κ2) is 8.49. The molecule has 1 heterocycles. The Kier molecular flexibility index (Phi) is 5.62. The average Bonchev–Trinajstić information content (AvgIpc) is 2.76. The Morgan fingerprint density at radius 2 is 1.72 bits per heavy atom. The fourth-order valence-electron chi connectivity index (χ4n) is 3.13. The molecule has 1 aromatic heterocycles. The number of rotatable bonds is 6. The van der Waals surface area contributed by atoms with Crippen LogP contribution in [-0.2, 0) is 12.3 Å². The monoisotopic (exact) mass is 406 g/mol. The maximum atomic E-state index is 13.2. The van der Waals surface area contributed by atoms with Gasteiger partial charge in [-0.3, -0.25) is 9.36 Å². The van der Waals surface area contributed by atoms with Crippen molar-refractivity contribution in [3.8, 4) is 5.75 Å². The van der Waals surface area contributed by atoms with Crippen LogP contribution in [0, 0.1) is 5.82 Å². The highest BCUT2D eigenvalue weighted by molar-refractivity contribution is 7.98. The van der Waals surface area contributed by atoms with Crippen LogP contribution < -0.4 is 10.3 Å². The van der Waals surface area contributed by atoms with Gasteiger partial charge in [-0.25, -0.2) is 9.37 Å². The van der Waals surface area contributed by atoms with E-state index in [1.807, 2.05) is 42.5 Å². The van der Waals surface area contributed by atoms with E-state index in [1.165, 1.54) is 23.9 Å². The first-order valence-electron chi connectivity index (χ1n) is 9.14. The van der Waals surface area contributed by atoms with Gasteiger partial charge < -0.3 is 4.74 Å². The molecule has 0 fully saturated rings. The number of thioether (sulfide) groups is 1. The van der Waals surface area contributed by atoms with Gasteiger partial charge in [-0.15, -0.1) is 0 Å². The van der Waals surface area contributed by atoms with Crippen LogP contribution in [0.15, 0.2) is 82.7 Å². The molecule has 0 amide bonds. The highest BCUT2D eigenvalue weighted by Gasteiger charge is 2.14. The molecule has 0 N–H and O–H groups in total. The van der Waals surface area contributed by atoms with Crippen molar-refractivity contribution in [2.45, 2.75) is 17.5 Å². The Hall–Kier alpha value is -3.12. The van der Waals surface area contributed by atoms with E-state index in [9.17, 15) is 9.18 Å². The number of halogens is 1. The summed E-state index contributed by atoms with van der Waals surface area (Å²) in [6.07, 6.45) is 0. The zero-order valence-corrected chi connectivity index (χ0v) is 16.7. The molecule has 0 spiro atoms. The van der Waals surface area contributed by atoms with Gasteiger partial charge in [0.2, 0.25) is 0 Å². The summed E-state index contributed by atoms with van der Waals surface area (Å²) in [6.45, 7) is 0.354. The van der Waals surface area contributed by atoms with Crippen molar-refractivity contribution in [2.75, 3.05) is 7.11 Å². The van der Waals surface area contributed by atoms with Gasteiger partial charge >= 0.3 is 0 Å². The number of fused-ring (bicyclic) bond motifs is 1. The molecule has 0 unspecified atom stereocenters. The number of hydrogen-bond acceptors (Lipinski definition) is 4. The maximum absolute atomic E-state index is 13.2. The molecule has 0 saturated heterocycles. The predicted octanol–water partition coefficient (Wildman–Crippen LogP) is 4.88. The van der Waals surface area contributed by atoms with Crippen LogP contribution in [0.2, 0.25) is 0 Å². The Morgan fingerprint density at radius 3 is 2.52 bits per heavy atom. The third-order valence-corrected chi connectivity index (χ3v) is 5.68. The molecular weight excluding hydrogens is 387 g/mol. The summed E-state index contributed by atoms with van der Waals surface area (Å²) in [5, 5.41) is 1.19. The topological polar surface area (TPSA) is 44.1 Å². The van der Waals surface area contributed by atoms with Crippen LogP contribution in [0.3, 0.4) is 0 Å². The van der Waals surface area contributed by atoms with Crippen molar-refractivity contribution >= 4 is 22.7 Å². The van der Waals surface area contributed by atoms with Gasteiger partial charge in [0.05, 0.1) is 24.6 Å². The van der Waals surface area contributed by atoms with Crippen LogP contribution in [0.25, 0.3) is 10.9 Å². The first kappa shape index (κ1) is 19.2. The molecule has 3 aromatic carbocycles. The summed E-state index contributed by atoms with van der Waals surface area (Å²) in [7, 11) is 1.62. The zero-order chi connectivity index (χ0) is 20.2. The number of ether oxygens (including phenoxy) is 1. The van der Waals surface area contributed by atoms with E-state index in [0.717, 1.165) is 16.9 Å². The maximum Gasteiger partial charge on any atom is 0.262 e. The highest BCUT2D eigenvalue weighted by atomic mass is 32.2. The SMILES string of the molecule is COc1ccccc1Cn1c(SCc2ccc(F)cc2)nc2ccccc2c1=O. The summed E-state index contributed by atoms with van der Waals surface area (Å²) >= 11 is 1.46. The molecule has 0 aliphatic carbocycles. The molecule has 146 valence electrons. The highest BCUT2D eigenvalue weighted by Crippen LogP contribution is 2.25. The first-order valence-corrected chi connectivity index (χ1v) is 10.1. The van der Waals surface area contributed by atoms with E-state index in [2.05, 4.69) is 0 Å². The van der Waals surface area contributed by atoms with E-state index >= 15 is 0 Å². The first-order chi connectivity index (χ1) is 14.2. The fourth-order valence-corrected chi connectivity index (χ4v) is 4.08. The Balaban J connectivity index is 1.75. The Bertz CT molecular complexity index is 1210. The third-order valence-electron chi connectivity index (χ3n) is 4.63. The number of hydrogen-bond donors (Lipinski definition) is 0. The molecule has 4 rings (SSSR count). The molecule has 29 heavy (non-hydrogen) atoms. The normalized spacial score (nSPS) is 11.0. The van der Waals surface area contributed by atoms with Crippen molar-refractivity contribution in [1.29, 1.82) is 0 Å². The number of para-hydroxylation sites is 2. The fraction of sp³-hybridized carbons (Fsp3) is 0.130. The van der Waals surface area contributed by atoms with Crippen molar-refractivity contribution in [3.63, 3.8) is 0 Å². The van der Waals surface area contributed by atoms with E-state index in [4.69, 9.17) is 9.72 Å². The third kappa shape index (κ3) is 4.17. The van der Waals surface area contributed by atoms with Gasteiger partial charge in [0.25, 0.3) is 5.56 Å². The molecule has 0 atom stereocenters. The lowest BCUT2D eigenvalue weighted by molar-refractivity contribution is 0.407. The van der Waals surface area contributed by atoms with Gasteiger partial charge in [0.15, 0.2) is 5.16 Å². The summed E-state index contributed by atoms with van der Waals surface area (Å²) in [6, 6.07) is 21.3. The molecule has 0 aliphatic rings. The average molecular weight is 406 g/mol. The van der Waals surface area contributed by atoms with Gasteiger partial charge in [-0.1, -0.05) is 54.2 Å². The summed E-state index contributed by atoms with van der Waals surface area (Å²) in [5.41, 5.74) is 2.43. The molecule has 4 aromatic rings. The minimum Gasteiger partial charge on any atom is -0.496 e. The van der Waals surface area contributed by atoms with Crippen LogP contribution in [0.5, 0.6) is 5.75 Å². The van der Waals surface area contributed by atoms with Gasteiger partial charge in [-0.2, -0.15) is 0 Å². The van der Waals surface area contributed by atoms with Gasteiger partial charge in [0.1, 0.15) is 11.6 Å². The standard InChI is InChI=1S/C23H19FN2O2S/c1-28-21-9-5-2-6-17(21)14-26-22(27)19-7-3-4-8-20(19)25-23(26)29-15-16-10-12-18(24)13-11-16/h2-13H,14-15H2,1H3. The summed E-state index contributed by atoms with van der Waals surface area (Å²) in [4.78, 5) is 18.0. The van der Waals surface area contributed by atoms with Gasteiger partial charge in [-0.05, 0) is 35.9 Å². The minimum absolute atomic E-state index is 0.0943. The minimum atomic E-state index is -0.268. The molecule has 0 saturated carbocycles. The summed E-state index contributed by atoms with van der Waals surface area (Å²) < 4.78 is 20.3. The lowest BCUT2D eigenvalue weighted by Gasteiger charge is -2.15. The lowest BCUT2D eigenvalue weighted by Crippen LogP contribution is -2.24. The second-order valence-corrected chi connectivity index (χ2v) is 7.47. The van der Waals surface area contributed by atoms with Gasteiger partial charge in [0, 0.05) is 11.3 Å². The molecule has 6 heteroatoms. The quantitative estimate of drug-likeness (QED) is 0.338. The Morgan fingerprint density at radius 1 is 1.00 bits per heavy atom. The van der Waals surface area contributed by atoms with Crippen LogP contribution >= 0.6 is 11.8 Å². The predicted molar refractivity (Wildman–Crippen MR) is 114 cm³/mol. The van der Waals surface area contributed by atoms with Crippen LogP contribution in [0.4, 0.5) is 4.39 Å². The number of benzene rings is 3. The molecule has 4 nitrogen and oxygen atoms in total. The Labute approximate surface area is 172 Å². The van der Waals surface area contributed by atoms with E-state index in [0.29, 0.717) is 28.4 Å². The number of aromatic nitrogens is 2. The van der Waals surface area contributed by atoms with Crippen LogP contribution in [-0.4, -0.2) is 16.7 Å². The smallest absolute Gasteiger partial charge is 0.262 e. The molecule has 0 aliphatic heterocycles. The van der Waals surface area contributed by atoms with Crippen molar-refractivity contribution in [2.24, 2.45) is 0 Å². The van der Waals surface area contributed by atoms with Crippen molar-refractivity contribution in [1.82, 2.24) is 9.55 Å². The largest absolute Gasteiger partial charge is 0.496 e. The van der Waals surface area contributed by atoms with E-state index in [1.54, 1.807) is 29.9 Å². The zero-order valence-electron chi connectivity index (χ0n) is 15.8. The van der Waals surface area contributed by atoms with Crippen molar-refractivity contribution < 1.29 is 9.13 Å². The number of methoxy groups -OCH3 is 1. The van der Waals surface area contributed by atoms with Crippen molar-refractivity contribution in [3.05, 3.63) is 100 Å². The second-order valence-electron chi connectivity index (χ2n) is 6.53. The van der Waals surface area contributed by atoms with E-state index < -0.39 is 0 Å². The van der Waals surface area contributed by atoms with E-state index in [-0.39, 0.29) is 11.4 Å². The summed E-state index contributed by atoms with van der Waals surface area (Å²) in [5.74, 6) is 1.04. The molecule has 0 bridgehead atoms. The lowest BCUT2D eigenvalue weighted by atomic mass is 10.2.